The van der Waals surface area contributed by atoms with Crippen LogP contribution in [0.5, 0.6) is 0 Å². The Labute approximate surface area is 190 Å². The number of ether oxygens (including phenoxy) is 1. The molecular weight excluding hydrogens is 446 g/mol. The molecule has 3 N–H and O–H groups in total. The molecular formula is C23H21N3O6S. The van der Waals surface area contributed by atoms with Crippen molar-refractivity contribution in [2.75, 3.05) is 22.0 Å². The van der Waals surface area contributed by atoms with Gasteiger partial charge in [0.25, 0.3) is 15.9 Å². The Morgan fingerprint density at radius 1 is 0.788 bits per heavy atom. The number of carbonyl (C=O) groups excluding carboxylic acids is 3. The van der Waals surface area contributed by atoms with Crippen LogP contribution in [0.4, 0.5) is 17.1 Å². The van der Waals surface area contributed by atoms with Gasteiger partial charge in [-0.25, -0.2) is 13.2 Å². The molecule has 0 bridgehead atoms. The Hall–Kier alpha value is -4.18. The number of carbonyl (C=O) groups is 3. The Morgan fingerprint density at radius 2 is 1.42 bits per heavy atom. The van der Waals surface area contributed by atoms with Crippen molar-refractivity contribution in [1.29, 1.82) is 0 Å². The van der Waals surface area contributed by atoms with E-state index in [0.29, 0.717) is 11.4 Å². The van der Waals surface area contributed by atoms with Gasteiger partial charge in [-0.15, -0.1) is 0 Å². The molecule has 0 unspecified atom stereocenters. The van der Waals surface area contributed by atoms with Crippen molar-refractivity contribution in [1.82, 2.24) is 0 Å². The van der Waals surface area contributed by atoms with E-state index in [1.54, 1.807) is 42.5 Å². The van der Waals surface area contributed by atoms with Crippen LogP contribution in [0.25, 0.3) is 0 Å². The smallest absolute Gasteiger partial charge is 0.338 e. The second kappa shape index (κ2) is 10.4. The highest BCUT2D eigenvalue weighted by molar-refractivity contribution is 7.92. The number of nitrogens with one attached hydrogen (secondary N) is 3. The van der Waals surface area contributed by atoms with E-state index in [1.165, 1.54) is 43.3 Å². The predicted molar refractivity (Wildman–Crippen MR) is 123 cm³/mol. The first kappa shape index (κ1) is 23.5. The van der Waals surface area contributed by atoms with E-state index >= 15 is 0 Å². The molecule has 0 saturated heterocycles. The summed E-state index contributed by atoms with van der Waals surface area (Å²) in [5.74, 6) is -1.56. The average Bonchev–Trinajstić information content (AvgIpc) is 2.79. The van der Waals surface area contributed by atoms with Crippen LogP contribution in [0.2, 0.25) is 0 Å². The first-order chi connectivity index (χ1) is 15.7. The van der Waals surface area contributed by atoms with Crippen LogP contribution < -0.4 is 15.4 Å². The molecule has 3 rings (SSSR count). The maximum atomic E-state index is 12.4. The highest BCUT2D eigenvalue weighted by Crippen LogP contribution is 2.18. The number of anilines is 3. The van der Waals surface area contributed by atoms with Gasteiger partial charge in [0.1, 0.15) is 0 Å². The van der Waals surface area contributed by atoms with Crippen LogP contribution in [0.1, 0.15) is 17.3 Å². The molecule has 0 aliphatic heterocycles. The number of rotatable bonds is 8. The van der Waals surface area contributed by atoms with Crippen molar-refractivity contribution < 1.29 is 27.5 Å². The van der Waals surface area contributed by atoms with Crippen molar-refractivity contribution in [2.45, 2.75) is 11.8 Å². The fourth-order valence-corrected chi connectivity index (χ4v) is 3.85. The first-order valence-corrected chi connectivity index (χ1v) is 11.2. The minimum atomic E-state index is -3.82. The average molecular weight is 468 g/mol. The molecule has 3 aromatic carbocycles. The summed E-state index contributed by atoms with van der Waals surface area (Å²) in [5, 5.41) is 5.18. The fraction of sp³-hybridized carbons (Fsp3) is 0.0870. The molecule has 0 fully saturated rings. The highest BCUT2D eigenvalue weighted by Gasteiger charge is 2.16. The number of hydrogen-bond donors (Lipinski definition) is 3. The van der Waals surface area contributed by atoms with Gasteiger partial charge in [-0.3, -0.25) is 14.3 Å². The normalized spacial score (nSPS) is 10.7. The van der Waals surface area contributed by atoms with Crippen molar-refractivity contribution in [3.63, 3.8) is 0 Å². The molecule has 2 amide bonds. The SMILES string of the molecule is CC(=O)Nc1ccc(NC(=O)COC(=O)c2cccc(NS(=O)(=O)c3ccccc3)c2)cc1. The van der Waals surface area contributed by atoms with Crippen LogP contribution in [-0.2, 0) is 24.3 Å². The van der Waals surface area contributed by atoms with Gasteiger partial charge in [-0.1, -0.05) is 24.3 Å². The lowest BCUT2D eigenvalue weighted by molar-refractivity contribution is -0.119. The molecule has 0 aliphatic rings. The summed E-state index contributed by atoms with van der Waals surface area (Å²) in [7, 11) is -3.82. The summed E-state index contributed by atoms with van der Waals surface area (Å²) in [4.78, 5) is 35.5. The van der Waals surface area contributed by atoms with E-state index in [4.69, 9.17) is 4.74 Å². The lowest BCUT2D eigenvalue weighted by Gasteiger charge is -2.10. The van der Waals surface area contributed by atoms with Gasteiger partial charge >= 0.3 is 5.97 Å². The Balaban J connectivity index is 1.56. The second-order valence-corrected chi connectivity index (χ2v) is 8.56. The number of amides is 2. The first-order valence-electron chi connectivity index (χ1n) is 9.75. The molecule has 0 radical (unpaired) electrons. The highest BCUT2D eigenvalue weighted by atomic mass is 32.2. The number of hydrogen-bond acceptors (Lipinski definition) is 6. The van der Waals surface area contributed by atoms with E-state index in [0.717, 1.165) is 0 Å². The minimum Gasteiger partial charge on any atom is -0.452 e. The van der Waals surface area contributed by atoms with Crippen LogP contribution in [-0.4, -0.2) is 32.8 Å². The van der Waals surface area contributed by atoms with Gasteiger partial charge in [0, 0.05) is 24.0 Å². The van der Waals surface area contributed by atoms with E-state index < -0.39 is 28.5 Å². The number of esters is 1. The van der Waals surface area contributed by atoms with Crippen molar-refractivity contribution in [3.8, 4) is 0 Å². The maximum absolute atomic E-state index is 12.4. The van der Waals surface area contributed by atoms with Crippen LogP contribution >= 0.6 is 0 Å². The van der Waals surface area contributed by atoms with Gasteiger partial charge in [0.05, 0.1) is 10.5 Å². The summed E-state index contributed by atoms with van der Waals surface area (Å²) in [6.45, 7) is 0.851. The van der Waals surface area contributed by atoms with Crippen molar-refractivity contribution >= 4 is 44.9 Å². The largest absolute Gasteiger partial charge is 0.452 e. The van der Waals surface area contributed by atoms with E-state index in [9.17, 15) is 22.8 Å². The van der Waals surface area contributed by atoms with Gasteiger partial charge in [0.2, 0.25) is 5.91 Å². The zero-order valence-electron chi connectivity index (χ0n) is 17.6. The zero-order chi connectivity index (χ0) is 23.8. The predicted octanol–water partition coefficient (Wildman–Crippen LogP) is 3.24. The van der Waals surface area contributed by atoms with E-state index in [-0.39, 0.29) is 22.1 Å². The van der Waals surface area contributed by atoms with Gasteiger partial charge < -0.3 is 15.4 Å². The second-order valence-electron chi connectivity index (χ2n) is 6.88. The standard InChI is InChI=1S/C23H21N3O6S/c1-16(27)24-18-10-12-19(13-11-18)25-22(28)15-32-23(29)17-6-5-7-20(14-17)26-33(30,31)21-8-3-2-4-9-21/h2-14,26H,15H2,1H3,(H,24,27)(H,25,28). The quantitative estimate of drug-likeness (QED) is 0.436. The molecule has 3 aromatic rings. The Morgan fingerprint density at radius 3 is 2.06 bits per heavy atom. The third-order valence-electron chi connectivity index (χ3n) is 4.23. The van der Waals surface area contributed by atoms with Crippen LogP contribution in [0.3, 0.4) is 0 Å². The molecule has 0 heterocycles. The summed E-state index contributed by atoms with van der Waals surface area (Å²) in [6, 6.07) is 20.0. The molecule has 9 nitrogen and oxygen atoms in total. The molecule has 0 saturated carbocycles. The summed E-state index contributed by atoms with van der Waals surface area (Å²) in [6.07, 6.45) is 0. The molecule has 0 aliphatic carbocycles. The molecule has 170 valence electrons. The Kier molecular flexibility index (Phi) is 7.42. The summed E-state index contributed by atoms with van der Waals surface area (Å²) in [5.41, 5.74) is 1.30. The van der Waals surface area contributed by atoms with E-state index in [2.05, 4.69) is 15.4 Å². The lowest BCUT2D eigenvalue weighted by Crippen LogP contribution is -2.21. The number of benzene rings is 3. The molecule has 0 aromatic heterocycles. The molecule has 0 spiro atoms. The lowest BCUT2D eigenvalue weighted by atomic mass is 10.2. The fourth-order valence-electron chi connectivity index (χ4n) is 2.78. The topological polar surface area (TPSA) is 131 Å². The Bertz CT molecular complexity index is 1260. The third-order valence-corrected chi connectivity index (χ3v) is 5.62. The van der Waals surface area contributed by atoms with E-state index in [1.807, 2.05) is 0 Å². The monoisotopic (exact) mass is 467 g/mol. The molecule has 33 heavy (non-hydrogen) atoms. The van der Waals surface area contributed by atoms with Gasteiger partial charge in [0.15, 0.2) is 6.61 Å². The van der Waals surface area contributed by atoms with Gasteiger partial charge in [-0.2, -0.15) is 0 Å². The summed E-state index contributed by atoms with van der Waals surface area (Å²) >= 11 is 0. The van der Waals surface area contributed by atoms with Crippen LogP contribution in [0.15, 0.2) is 83.8 Å². The van der Waals surface area contributed by atoms with Crippen LogP contribution in [0, 0.1) is 0 Å². The molecule has 10 heteroatoms. The van der Waals surface area contributed by atoms with Crippen molar-refractivity contribution in [3.05, 3.63) is 84.4 Å². The van der Waals surface area contributed by atoms with Crippen molar-refractivity contribution in [2.24, 2.45) is 0 Å². The summed E-state index contributed by atoms with van der Waals surface area (Å²) < 4.78 is 32.3. The molecule has 0 atom stereocenters. The van der Waals surface area contributed by atoms with Gasteiger partial charge in [-0.05, 0) is 54.6 Å². The third kappa shape index (κ3) is 6.91. The minimum absolute atomic E-state index is 0.0794. The maximum Gasteiger partial charge on any atom is 0.338 e. The number of sulfonamides is 1. The zero-order valence-corrected chi connectivity index (χ0v) is 18.4.